The first-order valence-electron chi connectivity index (χ1n) is 6.31. The fourth-order valence-corrected chi connectivity index (χ4v) is 10.6. The van der Waals surface area contributed by atoms with Crippen LogP contribution in [0.4, 0.5) is 0 Å². The first-order chi connectivity index (χ1) is 7.97. The molecule has 94 valence electrons. The van der Waals surface area contributed by atoms with Gasteiger partial charge in [-0.3, -0.25) is 0 Å². The molecule has 1 aromatic carbocycles. The average molecular weight is 283 g/mol. The summed E-state index contributed by atoms with van der Waals surface area (Å²) in [6.45, 7) is 9.83. The molecule has 0 saturated carbocycles. The van der Waals surface area contributed by atoms with Crippen LogP contribution < -0.4 is 0 Å². The summed E-state index contributed by atoms with van der Waals surface area (Å²) >= 11 is 4.42. The molecular formula is C14H22S2Si. The standard InChI is InChI=1S/C14H22S2Si/c1-12-8-5-6-9-13(12)14(17(2,3)4)15-10-7-11-16-14/h5-6,8-9H,7,10-11H2,1-4H3. The summed E-state index contributed by atoms with van der Waals surface area (Å²) in [6.07, 6.45) is 1.37. The molecule has 1 aromatic rings. The molecule has 1 heterocycles. The molecular weight excluding hydrogens is 260 g/mol. The monoisotopic (exact) mass is 282 g/mol. The summed E-state index contributed by atoms with van der Waals surface area (Å²) in [6, 6.07) is 9.00. The van der Waals surface area contributed by atoms with E-state index in [1.165, 1.54) is 23.5 Å². The zero-order valence-electron chi connectivity index (χ0n) is 11.2. The molecule has 0 nitrogen and oxygen atoms in total. The van der Waals surface area contributed by atoms with Crippen LogP contribution in [-0.2, 0) is 3.70 Å². The molecule has 1 aliphatic rings. The zero-order chi connectivity index (χ0) is 12.5. The van der Waals surface area contributed by atoms with E-state index >= 15 is 0 Å². The van der Waals surface area contributed by atoms with Crippen molar-refractivity contribution in [3.8, 4) is 0 Å². The molecule has 0 radical (unpaired) electrons. The lowest BCUT2D eigenvalue weighted by molar-refractivity contribution is 1.05. The van der Waals surface area contributed by atoms with Crippen molar-refractivity contribution in [2.45, 2.75) is 36.7 Å². The van der Waals surface area contributed by atoms with E-state index in [9.17, 15) is 0 Å². The van der Waals surface area contributed by atoms with E-state index in [1.807, 2.05) is 0 Å². The third-order valence-electron chi connectivity index (χ3n) is 3.39. The van der Waals surface area contributed by atoms with Crippen LogP contribution in [0.1, 0.15) is 17.5 Å². The minimum Gasteiger partial charge on any atom is -0.143 e. The Kier molecular flexibility index (Phi) is 4.01. The van der Waals surface area contributed by atoms with Gasteiger partial charge in [0.25, 0.3) is 0 Å². The fourth-order valence-electron chi connectivity index (χ4n) is 2.47. The lowest BCUT2D eigenvalue weighted by Crippen LogP contribution is -2.46. The average Bonchev–Trinajstić information content (AvgIpc) is 2.29. The van der Waals surface area contributed by atoms with Crippen LogP contribution in [0.3, 0.4) is 0 Å². The fraction of sp³-hybridized carbons (Fsp3) is 0.571. The van der Waals surface area contributed by atoms with Gasteiger partial charge in [0, 0.05) is 0 Å². The number of rotatable bonds is 2. The van der Waals surface area contributed by atoms with E-state index in [2.05, 4.69) is 74.4 Å². The zero-order valence-corrected chi connectivity index (χ0v) is 13.9. The molecule has 0 amide bonds. The first-order valence-corrected chi connectivity index (χ1v) is 11.8. The van der Waals surface area contributed by atoms with Gasteiger partial charge < -0.3 is 0 Å². The quantitative estimate of drug-likeness (QED) is 0.708. The smallest absolute Gasteiger partial charge is 0.0808 e. The predicted molar refractivity (Wildman–Crippen MR) is 85.7 cm³/mol. The predicted octanol–water partition coefficient (Wildman–Crippen LogP) is 4.90. The van der Waals surface area contributed by atoms with Gasteiger partial charge in [-0.15, -0.1) is 23.5 Å². The summed E-state index contributed by atoms with van der Waals surface area (Å²) in [4.78, 5) is 0. The van der Waals surface area contributed by atoms with Gasteiger partial charge >= 0.3 is 0 Å². The van der Waals surface area contributed by atoms with Gasteiger partial charge in [0.05, 0.1) is 11.8 Å². The summed E-state index contributed by atoms with van der Waals surface area (Å²) in [5.41, 5.74) is 3.06. The molecule has 0 N–H and O–H groups in total. The molecule has 0 atom stereocenters. The van der Waals surface area contributed by atoms with Crippen molar-refractivity contribution >= 4 is 31.6 Å². The second kappa shape index (κ2) is 5.02. The number of aryl methyl sites for hydroxylation is 1. The topological polar surface area (TPSA) is 0 Å². The van der Waals surface area contributed by atoms with Gasteiger partial charge in [0.15, 0.2) is 0 Å². The van der Waals surface area contributed by atoms with Gasteiger partial charge in [-0.2, -0.15) is 0 Å². The highest BCUT2D eigenvalue weighted by atomic mass is 32.2. The summed E-state index contributed by atoms with van der Waals surface area (Å²) in [5, 5.41) is 0. The molecule has 17 heavy (non-hydrogen) atoms. The van der Waals surface area contributed by atoms with Crippen LogP contribution in [-0.4, -0.2) is 19.6 Å². The molecule has 0 aromatic heterocycles. The van der Waals surface area contributed by atoms with Crippen LogP contribution in [0.25, 0.3) is 0 Å². The summed E-state index contributed by atoms with van der Waals surface area (Å²) in [5.74, 6) is 2.65. The third-order valence-corrected chi connectivity index (χ3v) is 13.1. The molecule has 3 heteroatoms. The second-order valence-corrected chi connectivity index (χ2v) is 14.6. The molecule has 0 bridgehead atoms. The Morgan fingerprint density at radius 1 is 1.06 bits per heavy atom. The SMILES string of the molecule is Cc1ccccc1C1([Si](C)(C)C)SCCCS1. The van der Waals surface area contributed by atoms with Crippen LogP contribution in [0, 0.1) is 6.92 Å². The van der Waals surface area contributed by atoms with E-state index in [1.54, 1.807) is 5.56 Å². The minimum atomic E-state index is -1.25. The first kappa shape index (κ1) is 13.6. The number of hydrogen-bond acceptors (Lipinski definition) is 2. The van der Waals surface area contributed by atoms with Crippen LogP contribution in [0.2, 0.25) is 19.6 Å². The van der Waals surface area contributed by atoms with Crippen molar-refractivity contribution in [3.63, 3.8) is 0 Å². The largest absolute Gasteiger partial charge is 0.143 e. The van der Waals surface area contributed by atoms with Gasteiger partial charge in [0.1, 0.15) is 0 Å². The van der Waals surface area contributed by atoms with Crippen LogP contribution in [0.15, 0.2) is 24.3 Å². The molecule has 2 rings (SSSR count). The molecule has 0 spiro atoms. The van der Waals surface area contributed by atoms with Gasteiger partial charge in [-0.05, 0) is 36.0 Å². The molecule has 1 aliphatic heterocycles. The molecule has 1 fully saturated rings. The number of benzene rings is 1. The van der Waals surface area contributed by atoms with Crippen LogP contribution >= 0.6 is 23.5 Å². The van der Waals surface area contributed by atoms with Crippen molar-refractivity contribution in [1.82, 2.24) is 0 Å². The van der Waals surface area contributed by atoms with E-state index < -0.39 is 8.07 Å². The number of hydrogen-bond donors (Lipinski definition) is 0. The van der Waals surface area contributed by atoms with Gasteiger partial charge in [0.2, 0.25) is 0 Å². The lowest BCUT2D eigenvalue weighted by atomic mass is 10.1. The molecule has 0 unspecified atom stereocenters. The Morgan fingerprint density at radius 3 is 2.18 bits per heavy atom. The highest BCUT2D eigenvalue weighted by Crippen LogP contribution is 2.56. The van der Waals surface area contributed by atoms with Crippen LogP contribution in [0.5, 0.6) is 0 Å². The van der Waals surface area contributed by atoms with Gasteiger partial charge in [-0.25, -0.2) is 0 Å². The minimum absolute atomic E-state index is 0.372. The Hall–Kier alpha value is 0.137. The van der Waals surface area contributed by atoms with Crippen molar-refractivity contribution in [2.24, 2.45) is 0 Å². The highest BCUT2D eigenvalue weighted by Gasteiger charge is 2.47. The maximum Gasteiger partial charge on any atom is 0.0808 e. The molecule has 1 saturated heterocycles. The Labute approximate surface area is 115 Å². The van der Waals surface area contributed by atoms with Crippen molar-refractivity contribution < 1.29 is 0 Å². The van der Waals surface area contributed by atoms with Crippen molar-refractivity contribution in [1.29, 1.82) is 0 Å². The summed E-state index contributed by atoms with van der Waals surface area (Å²) in [7, 11) is -1.25. The van der Waals surface area contributed by atoms with E-state index in [0.29, 0.717) is 3.70 Å². The Bertz CT molecular complexity index is 389. The molecule has 0 aliphatic carbocycles. The normalized spacial score (nSPS) is 20.2. The lowest BCUT2D eigenvalue weighted by Gasteiger charge is -2.46. The Morgan fingerprint density at radius 2 is 1.65 bits per heavy atom. The second-order valence-electron chi connectivity index (χ2n) is 5.73. The third kappa shape index (κ3) is 2.47. The van der Waals surface area contributed by atoms with Crippen molar-refractivity contribution in [2.75, 3.05) is 11.5 Å². The maximum absolute atomic E-state index is 2.52. The summed E-state index contributed by atoms with van der Waals surface area (Å²) < 4.78 is 0.372. The van der Waals surface area contributed by atoms with Gasteiger partial charge in [-0.1, -0.05) is 43.9 Å². The van der Waals surface area contributed by atoms with Crippen molar-refractivity contribution in [3.05, 3.63) is 35.4 Å². The van der Waals surface area contributed by atoms with E-state index in [-0.39, 0.29) is 0 Å². The van der Waals surface area contributed by atoms with E-state index in [4.69, 9.17) is 0 Å². The van der Waals surface area contributed by atoms with E-state index in [0.717, 1.165) is 0 Å². The number of thioether (sulfide) groups is 2. The highest BCUT2D eigenvalue weighted by molar-refractivity contribution is 8.20. The maximum atomic E-state index is 2.52. The Balaban J connectivity index is 2.51.